The predicted molar refractivity (Wildman–Crippen MR) is 83.8 cm³/mol. The second kappa shape index (κ2) is 8.13. The van der Waals surface area contributed by atoms with Crippen LogP contribution in [0.4, 0.5) is 26.3 Å². The standard InChI is InChI=1S/C14H14ClF6NO4S/c1-3-22(12(23)13(16,17)18)7-6-9-4-5-10(15)11(8(9)2)26-27(24,25)14(19,20)21/h4-5H,3,6-7H2,1-2H3. The van der Waals surface area contributed by atoms with Gasteiger partial charge in [0.05, 0.1) is 5.02 Å². The molecule has 0 bridgehead atoms. The molecule has 0 aliphatic heterocycles. The highest BCUT2D eigenvalue weighted by atomic mass is 35.5. The van der Waals surface area contributed by atoms with Crippen LogP contribution in [-0.2, 0) is 21.3 Å². The van der Waals surface area contributed by atoms with Gasteiger partial charge in [-0.05, 0) is 37.5 Å². The van der Waals surface area contributed by atoms with Crippen molar-refractivity contribution in [2.75, 3.05) is 13.1 Å². The quantitative estimate of drug-likeness (QED) is 0.382. The third-order valence-corrected chi connectivity index (χ3v) is 4.76. The van der Waals surface area contributed by atoms with Gasteiger partial charge < -0.3 is 9.08 Å². The highest BCUT2D eigenvalue weighted by molar-refractivity contribution is 7.88. The number of nitrogens with zero attached hydrogens (tertiary/aromatic N) is 1. The zero-order chi connectivity index (χ0) is 21.2. The van der Waals surface area contributed by atoms with E-state index in [-0.39, 0.29) is 24.1 Å². The highest BCUT2D eigenvalue weighted by Gasteiger charge is 2.49. The lowest BCUT2D eigenvalue weighted by Gasteiger charge is -2.23. The zero-order valence-corrected chi connectivity index (χ0v) is 15.5. The van der Waals surface area contributed by atoms with Crippen molar-refractivity contribution >= 4 is 27.6 Å². The minimum absolute atomic E-state index is 0.106. The summed E-state index contributed by atoms with van der Waals surface area (Å²) in [7, 11) is -5.98. The van der Waals surface area contributed by atoms with Gasteiger partial charge in [-0.3, -0.25) is 4.79 Å². The third-order valence-electron chi connectivity index (χ3n) is 3.51. The van der Waals surface area contributed by atoms with Crippen LogP contribution in [0.1, 0.15) is 18.1 Å². The van der Waals surface area contributed by atoms with Gasteiger partial charge in [0.15, 0.2) is 5.75 Å². The third kappa shape index (κ3) is 5.64. The van der Waals surface area contributed by atoms with Gasteiger partial charge in [-0.25, -0.2) is 0 Å². The monoisotopic (exact) mass is 441 g/mol. The number of alkyl halides is 6. The number of hydrogen-bond acceptors (Lipinski definition) is 4. The number of amides is 1. The lowest BCUT2D eigenvalue weighted by atomic mass is 10.0. The van der Waals surface area contributed by atoms with Crippen LogP contribution in [0.3, 0.4) is 0 Å². The molecule has 1 aromatic rings. The Morgan fingerprint density at radius 3 is 2.19 bits per heavy atom. The first-order chi connectivity index (χ1) is 12.1. The van der Waals surface area contributed by atoms with Gasteiger partial charge in [0.25, 0.3) is 0 Å². The molecule has 1 amide bonds. The topological polar surface area (TPSA) is 63.7 Å². The molecule has 0 spiro atoms. The van der Waals surface area contributed by atoms with Crippen LogP contribution < -0.4 is 4.18 Å². The van der Waals surface area contributed by atoms with Gasteiger partial charge >= 0.3 is 27.7 Å². The van der Waals surface area contributed by atoms with Crippen molar-refractivity contribution in [3.63, 3.8) is 0 Å². The summed E-state index contributed by atoms with van der Waals surface area (Å²) < 4.78 is 101. The van der Waals surface area contributed by atoms with Crippen molar-refractivity contribution in [3.05, 3.63) is 28.3 Å². The maximum Gasteiger partial charge on any atom is 0.534 e. The SMILES string of the molecule is CCN(CCc1ccc(Cl)c(OS(=O)(=O)C(F)(F)F)c1C)C(=O)C(F)(F)F. The van der Waals surface area contributed by atoms with Gasteiger partial charge in [0.1, 0.15) is 0 Å². The molecular formula is C14H14ClF6NO4S. The number of carbonyl (C=O) groups excluding carboxylic acids is 1. The van der Waals surface area contributed by atoms with Crippen LogP contribution in [-0.4, -0.2) is 44.0 Å². The molecule has 0 unspecified atom stereocenters. The minimum atomic E-state index is -5.98. The molecule has 0 radical (unpaired) electrons. The Labute approximate surface area is 156 Å². The predicted octanol–water partition coefficient (Wildman–Crippen LogP) is 3.83. The van der Waals surface area contributed by atoms with E-state index in [1.165, 1.54) is 19.9 Å². The van der Waals surface area contributed by atoms with E-state index in [0.717, 1.165) is 6.07 Å². The molecule has 0 saturated carbocycles. The number of likely N-dealkylation sites (N-methyl/N-ethyl adjacent to an activating group) is 1. The van der Waals surface area contributed by atoms with Crippen LogP contribution in [0.5, 0.6) is 5.75 Å². The first-order valence-corrected chi connectivity index (χ1v) is 9.05. The normalized spacial score (nSPS) is 12.8. The van der Waals surface area contributed by atoms with Crippen molar-refractivity contribution in [2.45, 2.75) is 32.0 Å². The van der Waals surface area contributed by atoms with E-state index >= 15 is 0 Å². The molecule has 27 heavy (non-hydrogen) atoms. The fourth-order valence-electron chi connectivity index (χ4n) is 2.07. The number of benzene rings is 1. The average Bonchev–Trinajstić information content (AvgIpc) is 2.51. The summed E-state index contributed by atoms with van der Waals surface area (Å²) in [6.45, 7) is 1.87. The lowest BCUT2D eigenvalue weighted by molar-refractivity contribution is -0.185. The summed E-state index contributed by atoms with van der Waals surface area (Å²) in [6, 6.07) is 2.34. The molecule has 13 heteroatoms. The molecule has 0 atom stereocenters. The first-order valence-electron chi connectivity index (χ1n) is 7.26. The fraction of sp³-hybridized carbons (Fsp3) is 0.500. The minimum Gasteiger partial charge on any atom is -0.374 e. The van der Waals surface area contributed by atoms with Crippen LogP contribution in [0, 0.1) is 6.92 Å². The van der Waals surface area contributed by atoms with Crippen LogP contribution in [0.25, 0.3) is 0 Å². The molecule has 5 nitrogen and oxygen atoms in total. The van der Waals surface area contributed by atoms with Crippen LogP contribution in [0.15, 0.2) is 12.1 Å². The van der Waals surface area contributed by atoms with Crippen LogP contribution >= 0.6 is 11.6 Å². The molecule has 0 N–H and O–H groups in total. The van der Waals surface area contributed by atoms with E-state index in [1.807, 2.05) is 0 Å². The Hall–Kier alpha value is -1.69. The van der Waals surface area contributed by atoms with E-state index in [1.54, 1.807) is 0 Å². The summed E-state index contributed by atoms with van der Waals surface area (Å²) in [5.74, 6) is -2.84. The Morgan fingerprint density at radius 1 is 1.19 bits per heavy atom. The Balaban J connectivity index is 3.11. The fourth-order valence-corrected chi connectivity index (χ4v) is 2.89. The van der Waals surface area contributed by atoms with Crippen molar-refractivity contribution in [1.82, 2.24) is 4.90 Å². The number of carbonyl (C=O) groups is 1. The van der Waals surface area contributed by atoms with Gasteiger partial charge in [-0.2, -0.15) is 34.8 Å². The second-order valence-corrected chi connectivity index (χ2v) is 7.22. The Bertz CT molecular complexity index is 807. The van der Waals surface area contributed by atoms with Gasteiger partial charge in [-0.1, -0.05) is 17.7 Å². The van der Waals surface area contributed by atoms with E-state index in [9.17, 15) is 39.6 Å². The molecular weight excluding hydrogens is 428 g/mol. The van der Waals surface area contributed by atoms with Crippen molar-refractivity contribution < 1.29 is 43.7 Å². The number of rotatable bonds is 6. The van der Waals surface area contributed by atoms with E-state index in [4.69, 9.17) is 11.6 Å². The van der Waals surface area contributed by atoms with Gasteiger partial charge in [-0.15, -0.1) is 0 Å². The molecule has 0 aliphatic carbocycles. The van der Waals surface area contributed by atoms with Gasteiger partial charge in [0.2, 0.25) is 0 Å². The van der Waals surface area contributed by atoms with E-state index < -0.39 is 45.0 Å². The van der Waals surface area contributed by atoms with Crippen molar-refractivity contribution in [1.29, 1.82) is 0 Å². The maximum absolute atomic E-state index is 12.5. The second-order valence-electron chi connectivity index (χ2n) is 5.28. The van der Waals surface area contributed by atoms with Crippen molar-refractivity contribution in [2.24, 2.45) is 0 Å². The van der Waals surface area contributed by atoms with E-state index in [0.29, 0.717) is 4.90 Å². The molecule has 0 fully saturated rings. The highest BCUT2D eigenvalue weighted by Crippen LogP contribution is 2.35. The molecule has 1 rings (SSSR count). The Kier molecular flexibility index (Phi) is 7.03. The molecule has 0 aliphatic rings. The summed E-state index contributed by atoms with van der Waals surface area (Å²) >= 11 is 5.69. The summed E-state index contributed by atoms with van der Waals surface area (Å²) in [6.07, 6.45) is -5.26. The summed E-state index contributed by atoms with van der Waals surface area (Å²) in [5, 5.41) is -0.428. The molecule has 154 valence electrons. The smallest absolute Gasteiger partial charge is 0.374 e. The lowest BCUT2D eigenvalue weighted by Crippen LogP contribution is -2.42. The number of hydrogen-bond donors (Lipinski definition) is 0. The Morgan fingerprint density at radius 2 is 1.74 bits per heavy atom. The number of halogens is 7. The zero-order valence-electron chi connectivity index (χ0n) is 13.9. The first kappa shape index (κ1) is 23.3. The van der Waals surface area contributed by atoms with E-state index in [2.05, 4.69) is 4.18 Å². The largest absolute Gasteiger partial charge is 0.534 e. The van der Waals surface area contributed by atoms with Crippen LogP contribution in [0.2, 0.25) is 5.02 Å². The molecule has 0 aromatic heterocycles. The molecule has 0 saturated heterocycles. The average molecular weight is 442 g/mol. The molecule has 0 heterocycles. The maximum atomic E-state index is 12.5. The van der Waals surface area contributed by atoms with Gasteiger partial charge in [0, 0.05) is 13.1 Å². The molecule has 1 aromatic carbocycles. The summed E-state index contributed by atoms with van der Waals surface area (Å²) in [5.41, 5.74) is -5.62. The van der Waals surface area contributed by atoms with Crippen molar-refractivity contribution in [3.8, 4) is 5.75 Å². The summed E-state index contributed by atoms with van der Waals surface area (Å²) in [4.78, 5) is 11.8.